The summed E-state index contributed by atoms with van der Waals surface area (Å²) in [6.07, 6.45) is 1.78. The van der Waals surface area contributed by atoms with Crippen molar-refractivity contribution in [2.45, 2.75) is 12.8 Å². The molecule has 0 heterocycles. The number of ether oxygens (including phenoxy) is 1. The number of fused-ring (bicyclic) bond motifs is 1. The maximum Gasteiger partial charge on any atom is 0.255 e. The summed E-state index contributed by atoms with van der Waals surface area (Å²) in [5, 5.41) is 4.90. The number of alkyl halides is 1. The summed E-state index contributed by atoms with van der Waals surface area (Å²) < 4.78 is 5.43. The van der Waals surface area contributed by atoms with Crippen molar-refractivity contribution in [3.8, 4) is 5.75 Å². The number of halogens is 1. The van der Waals surface area contributed by atoms with Gasteiger partial charge in [-0.1, -0.05) is 30.3 Å². The van der Waals surface area contributed by atoms with E-state index in [9.17, 15) is 4.79 Å². The molecule has 2 aromatic carbocycles. The summed E-state index contributed by atoms with van der Waals surface area (Å²) in [7, 11) is 1.59. The van der Waals surface area contributed by atoms with E-state index in [-0.39, 0.29) is 5.91 Å². The van der Waals surface area contributed by atoms with Crippen LogP contribution in [0, 0.1) is 0 Å². The molecule has 2 rings (SSSR count). The predicted molar refractivity (Wildman–Crippen MR) is 82.8 cm³/mol. The number of benzene rings is 2. The zero-order chi connectivity index (χ0) is 14.4. The lowest BCUT2D eigenvalue weighted by Crippen LogP contribution is -2.25. The van der Waals surface area contributed by atoms with Crippen molar-refractivity contribution in [3.63, 3.8) is 0 Å². The first kappa shape index (κ1) is 14.7. The molecule has 0 aliphatic heterocycles. The molecule has 0 aliphatic rings. The first-order valence-corrected chi connectivity index (χ1v) is 7.21. The van der Waals surface area contributed by atoms with Crippen LogP contribution in [-0.2, 0) is 0 Å². The molecule has 0 atom stereocenters. The van der Waals surface area contributed by atoms with Gasteiger partial charge < -0.3 is 10.1 Å². The normalized spacial score (nSPS) is 10.5. The van der Waals surface area contributed by atoms with E-state index >= 15 is 0 Å². The molecule has 0 unspecified atom stereocenters. The van der Waals surface area contributed by atoms with E-state index in [1.54, 1.807) is 13.2 Å². The first-order valence-electron chi connectivity index (χ1n) is 6.68. The molecule has 0 fully saturated rings. The zero-order valence-corrected chi connectivity index (χ0v) is 12.2. The Balaban J connectivity index is 2.23. The molecule has 4 heteroatoms. The third kappa shape index (κ3) is 3.23. The third-order valence-electron chi connectivity index (χ3n) is 3.17. The van der Waals surface area contributed by atoms with Crippen molar-refractivity contribution in [3.05, 3.63) is 42.0 Å². The molecule has 106 valence electrons. The fraction of sp³-hybridized carbons (Fsp3) is 0.312. The van der Waals surface area contributed by atoms with Crippen LogP contribution in [0.15, 0.2) is 36.4 Å². The van der Waals surface area contributed by atoms with Crippen LogP contribution in [0.3, 0.4) is 0 Å². The fourth-order valence-corrected chi connectivity index (χ4v) is 2.35. The van der Waals surface area contributed by atoms with Crippen molar-refractivity contribution >= 4 is 28.3 Å². The molecule has 1 N–H and O–H groups in total. The van der Waals surface area contributed by atoms with E-state index in [1.807, 2.05) is 30.3 Å². The van der Waals surface area contributed by atoms with Crippen LogP contribution in [-0.4, -0.2) is 25.4 Å². The van der Waals surface area contributed by atoms with Gasteiger partial charge in [0.15, 0.2) is 0 Å². The minimum atomic E-state index is -0.109. The topological polar surface area (TPSA) is 38.3 Å². The Morgan fingerprint density at radius 2 is 2.00 bits per heavy atom. The van der Waals surface area contributed by atoms with Crippen LogP contribution in [0.2, 0.25) is 0 Å². The number of unbranched alkanes of at least 4 members (excludes halogenated alkanes) is 1. The number of amides is 1. The number of carbonyl (C=O) groups is 1. The summed E-state index contributed by atoms with van der Waals surface area (Å²) in [6.45, 7) is 0.627. The van der Waals surface area contributed by atoms with Gasteiger partial charge in [-0.15, -0.1) is 11.6 Å². The second kappa shape index (κ2) is 7.15. The van der Waals surface area contributed by atoms with Crippen LogP contribution in [0.5, 0.6) is 5.75 Å². The van der Waals surface area contributed by atoms with Gasteiger partial charge in [-0.3, -0.25) is 4.79 Å². The van der Waals surface area contributed by atoms with Crippen LogP contribution in [0.25, 0.3) is 10.8 Å². The van der Waals surface area contributed by atoms with Gasteiger partial charge >= 0.3 is 0 Å². The van der Waals surface area contributed by atoms with Gasteiger partial charge in [0.1, 0.15) is 5.75 Å². The SMILES string of the molecule is COc1c(C(=O)NCCCCCl)ccc2ccccc12. The largest absolute Gasteiger partial charge is 0.495 e. The molecule has 0 aromatic heterocycles. The maximum atomic E-state index is 12.2. The van der Waals surface area contributed by atoms with E-state index < -0.39 is 0 Å². The van der Waals surface area contributed by atoms with E-state index in [0.717, 1.165) is 23.6 Å². The van der Waals surface area contributed by atoms with Gasteiger partial charge in [-0.2, -0.15) is 0 Å². The summed E-state index contributed by atoms with van der Waals surface area (Å²) >= 11 is 5.61. The second-order valence-electron chi connectivity index (χ2n) is 4.52. The van der Waals surface area contributed by atoms with Crippen LogP contribution < -0.4 is 10.1 Å². The lowest BCUT2D eigenvalue weighted by atomic mass is 10.0. The van der Waals surface area contributed by atoms with E-state index in [2.05, 4.69) is 5.32 Å². The van der Waals surface area contributed by atoms with Crippen LogP contribution >= 0.6 is 11.6 Å². The standard InChI is InChI=1S/C16H18ClNO2/c1-20-15-13-7-3-2-6-12(13)8-9-14(15)16(19)18-11-5-4-10-17/h2-3,6-9H,4-5,10-11H2,1H3,(H,18,19). The van der Waals surface area contributed by atoms with Gasteiger partial charge in [0, 0.05) is 17.8 Å². The highest BCUT2D eigenvalue weighted by Crippen LogP contribution is 2.29. The highest BCUT2D eigenvalue weighted by molar-refractivity contribution is 6.17. The van der Waals surface area contributed by atoms with Crippen molar-refractivity contribution in [1.82, 2.24) is 5.32 Å². The van der Waals surface area contributed by atoms with Gasteiger partial charge in [0.2, 0.25) is 0 Å². The molecule has 1 amide bonds. The minimum absolute atomic E-state index is 0.109. The Labute approximate surface area is 123 Å². The van der Waals surface area contributed by atoms with Crippen molar-refractivity contribution in [2.75, 3.05) is 19.5 Å². The van der Waals surface area contributed by atoms with E-state index in [0.29, 0.717) is 23.7 Å². The number of hydrogen-bond acceptors (Lipinski definition) is 2. The quantitative estimate of drug-likeness (QED) is 0.652. The molecule has 20 heavy (non-hydrogen) atoms. The highest BCUT2D eigenvalue weighted by atomic mass is 35.5. The molecule has 3 nitrogen and oxygen atoms in total. The van der Waals surface area contributed by atoms with Gasteiger partial charge in [-0.25, -0.2) is 0 Å². The van der Waals surface area contributed by atoms with Crippen LogP contribution in [0.4, 0.5) is 0 Å². The summed E-state index contributed by atoms with van der Waals surface area (Å²) in [5.74, 6) is 1.13. The molecule has 2 aromatic rings. The molecular weight excluding hydrogens is 274 g/mol. The Morgan fingerprint density at radius 3 is 2.75 bits per heavy atom. The maximum absolute atomic E-state index is 12.2. The molecule has 0 saturated heterocycles. The predicted octanol–water partition coefficient (Wildman–Crippen LogP) is 3.60. The summed E-state index contributed by atoms with van der Waals surface area (Å²) in [6, 6.07) is 11.6. The van der Waals surface area contributed by atoms with Crippen molar-refractivity contribution in [1.29, 1.82) is 0 Å². The average Bonchev–Trinajstić information content (AvgIpc) is 2.50. The lowest BCUT2D eigenvalue weighted by Gasteiger charge is -2.12. The van der Waals surface area contributed by atoms with Gasteiger partial charge in [0.25, 0.3) is 5.91 Å². The smallest absolute Gasteiger partial charge is 0.255 e. The fourth-order valence-electron chi connectivity index (χ4n) is 2.16. The first-order chi connectivity index (χ1) is 9.77. The lowest BCUT2D eigenvalue weighted by molar-refractivity contribution is 0.0950. The van der Waals surface area contributed by atoms with Crippen molar-refractivity contribution in [2.24, 2.45) is 0 Å². The zero-order valence-electron chi connectivity index (χ0n) is 11.5. The third-order valence-corrected chi connectivity index (χ3v) is 3.44. The number of hydrogen-bond donors (Lipinski definition) is 1. The number of nitrogens with one attached hydrogen (secondary N) is 1. The van der Waals surface area contributed by atoms with Gasteiger partial charge in [0.05, 0.1) is 12.7 Å². The second-order valence-corrected chi connectivity index (χ2v) is 4.90. The van der Waals surface area contributed by atoms with E-state index in [4.69, 9.17) is 16.3 Å². The van der Waals surface area contributed by atoms with E-state index in [1.165, 1.54) is 0 Å². The van der Waals surface area contributed by atoms with Gasteiger partial charge in [-0.05, 0) is 24.3 Å². The number of methoxy groups -OCH3 is 1. The molecule has 0 saturated carbocycles. The Morgan fingerprint density at radius 1 is 1.20 bits per heavy atom. The Hall–Kier alpha value is -1.74. The molecule has 0 radical (unpaired) electrons. The number of rotatable bonds is 6. The highest BCUT2D eigenvalue weighted by Gasteiger charge is 2.14. The minimum Gasteiger partial charge on any atom is -0.495 e. The summed E-state index contributed by atoms with van der Waals surface area (Å²) in [4.78, 5) is 12.2. The number of carbonyl (C=O) groups excluding carboxylic acids is 1. The molecule has 0 aliphatic carbocycles. The summed E-state index contributed by atoms with van der Waals surface area (Å²) in [5.41, 5.74) is 0.567. The molecule has 0 spiro atoms. The Kier molecular flexibility index (Phi) is 5.24. The monoisotopic (exact) mass is 291 g/mol. The average molecular weight is 292 g/mol. The molecular formula is C16H18ClNO2. The van der Waals surface area contributed by atoms with Crippen LogP contribution in [0.1, 0.15) is 23.2 Å². The Bertz CT molecular complexity index is 598. The van der Waals surface area contributed by atoms with Crippen molar-refractivity contribution < 1.29 is 9.53 Å². The molecule has 0 bridgehead atoms.